The summed E-state index contributed by atoms with van der Waals surface area (Å²) in [5.74, 6) is -1.02. The van der Waals surface area contributed by atoms with Gasteiger partial charge >= 0.3 is 12.0 Å². The first kappa shape index (κ1) is 16.8. The van der Waals surface area contributed by atoms with Crippen LogP contribution in [0, 0.1) is 5.92 Å². The molecule has 1 fully saturated rings. The third kappa shape index (κ3) is 6.26. The van der Waals surface area contributed by atoms with Crippen molar-refractivity contribution in [2.45, 2.75) is 58.3 Å². The second-order valence-corrected chi connectivity index (χ2v) is 5.60. The Morgan fingerprint density at radius 2 is 1.70 bits per heavy atom. The standard InChI is InChI=1S/C15H28N2O3/c1-2-3-4-5-6-7-10-16-15(20)17-11-8-13(9-12-17)14(18)19/h13H,2-12H2,1H3,(H,16,20)(H,18,19). The SMILES string of the molecule is CCCCCCCCNC(=O)N1CCC(C(=O)O)CC1. The topological polar surface area (TPSA) is 69.6 Å². The third-order valence-corrected chi connectivity index (χ3v) is 3.94. The predicted molar refractivity (Wildman–Crippen MR) is 78.7 cm³/mol. The Bertz CT molecular complexity index is 299. The summed E-state index contributed by atoms with van der Waals surface area (Å²) in [4.78, 5) is 24.4. The number of hydrogen-bond acceptors (Lipinski definition) is 2. The van der Waals surface area contributed by atoms with Gasteiger partial charge in [-0.1, -0.05) is 39.0 Å². The number of aliphatic carboxylic acids is 1. The fraction of sp³-hybridized carbons (Fsp3) is 0.867. The van der Waals surface area contributed by atoms with Crippen LogP contribution < -0.4 is 5.32 Å². The minimum absolute atomic E-state index is 0.0394. The van der Waals surface area contributed by atoms with E-state index in [9.17, 15) is 9.59 Å². The highest BCUT2D eigenvalue weighted by Crippen LogP contribution is 2.17. The minimum atomic E-state index is -0.739. The highest BCUT2D eigenvalue weighted by Gasteiger charge is 2.26. The summed E-state index contributed by atoms with van der Waals surface area (Å²) in [5.41, 5.74) is 0. The predicted octanol–water partition coefficient (Wildman–Crippen LogP) is 2.85. The summed E-state index contributed by atoms with van der Waals surface area (Å²) < 4.78 is 0. The molecule has 1 aliphatic heterocycles. The number of urea groups is 1. The zero-order valence-corrected chi connectivity index (χ0v) is 12.6. The van der Waals surface area contributed by atoms with E-state index in [0.717, 1.165) is 13.0 Å². The van der Waals surface area contributed by atoms with Gasteiger partial charge in [0.15, 0.2) is 0 Å². The van der Waals surface area contributed by atoms with Crippen molar-refractivity contribution in [2.75, 3.05) is 19.6 Å². The number of amides is 2. The molecule has 0 aromatic rings. The Morgan fingerprint density at radius 1 is 1.10 bits per heavy atom. The van der Waals surface area contributed by atoms with Crippen LogP contribution in [0.2, 0.25) is 0 Å². The van der Waals surface area contributed by atoms with E-state index < -0.39 is 5.97 Å². The maximum atomic E-state index is 11.9. The normalized spacial score (nSPS) is 16.1. The van der Waals surface area contributed by atoms with E-state index >= 15 is 0 Å². The molecule has 1 aliphatic rings. The molecule has 0 saturated carbocycles. The quantitative estimate of drug-likeness (QED) is 0.673. The van der Waals surface area contributed by atoms with E-state index in [1.807, 2.05) is 0 Å². The summed E-state index contributed by atoms with van der Waals surface area (Å²) in [7, 11) is 0. The highest BCUT2D eigenvalue weighted by molar-refractivity contribution is 5.75. The monoisotopic (exact) mass is 284 g/mol. The fourth-order valence-corrected chi connectivity index (χ4v) is 2.54. The number of nitrogens with one attached hydrogen (secondary N) is 1. The van der Waals surface area contributed by atoms with E-state index in [2.05, 4.69) is 12.2 Å². The Morgan fingerprint density at radius 3 is 2.30 bits per heavy atom. The molecular formula is C15H28N2O3. The molecule has 0 spiro atoms. The van der Waals surface area contributed by atoms with Crippen molar-refractivity contribution in [3.63, 3.8) is 0 Å². The number of carbonyl (C=O) groups excluding carboxylic acids is 1. The smallest absolute Gasteiger partial charge is 0.317 e. The van der Waals surface area contributed by atoms with Gasteiger partial charge in [0.05, 0.1) is 5.92 Å². The zero-order valence-electron chi connectivity index (χ0n) is 12.6. The van der Waals surface area contributed by atoms with Crippen molar-refractivity contribution in [2.24, 2.45) is 5.92 Å². The van der Waals surface area contributed by atoms with E-state index in [1.165, 1.54) is 32.1 Å². The maximum absolute atomic E-state index is 11.9. The van der Waals surface area contributed by atoms with Crippen LogP contribution in [-0.4, -0.2) is 41.6 Å². The van der Waals surface area contributed by atoms with Crippen molar-refractivity contribution in [3.05, 3.63) is 0 Å². The molecule has 0 aliphatic carbocycles. The van der Waals surface area contributed by atoms with E-state index in [4.69, 9.17) is 5.11 Å². The molecule has 0 atom stereocenters. The Balaban J connectivity index is 2.04. The second kappa shape index (κ2) is 9.61. The van der Waals surface area contributed by atoms with Crippen LogP contribution in [-0.2, 0) is 4.79 Å². The highest BCUT2D eigenvalue weighted by atomic mass is 16.4. The number of carboxylic acid groups (broad SMARTS) is 1. The van der Waals surface area contributed by atoms with Crippen LogP contribution in [0.5, 0.6) is 0 Å². The van der Waals surface area contributed by atoms with Crippen molar-refractivity contribution in [3.8, 4) is 0 Å². The molecule has 0 aromatic carbocycles. The van der Waals surface area contributed by atoms with Gasteiger partial charge in [0.2, 0.25) is 0 Å². The molecular weight excluding hydrogens is 256 g/mol. The largest absolute Gasteiger partial charge is 0.481 e. The average molecular weight is 284 g/mol. The van der Waals surface area contributed by atoms with Gasteiger partial charge in [0.25, 0.3) is 0 Å². The molecule has 5 nitrogen and oxygen atoms in total. The Labute approximate surface area is 121 Å². The van der Waals surface area contributed by atoms with Gasteiger partial charge in [-0.2, -0.15) is 0 Å². The lowest BCUT2D eigenvalue weighted by atomic mass is 9.97. The van der Waals surface area contributed by atoms with Crippen LogP contribution in [0.1, 0.15) is 58.3 Å². The number of unbranched alkanes of at least 4 members (excludes halogenated alkanes) is 5. The minimum Gasteiger partial charge on any atom is -0.481 e. The average Bonchev–Trinajstić information content (AvgIpc) is 2.46. The zero-order chi connectivity index (χ0) is 14.8. The molecule has 0 bridgehead atoms. The fourth-order valence-electron chi connectivity index (χ4n) is 2.54. The number of carbonyl (C=O) groups is 2. The molecule has 0 radical (unpaired) electrons. The third-order valence-electron chi connectivity index (χ3n) is 3.94. The van der Waals surface area contributed by atoms with Gasteiger partial charge in [0, 0.05) is 19.6 Å². The van der Waals surface area contributed by atoms with Crippen molar-refractivity contribution in [1.82, 2.24) is 10.2 Å². The number of rotatable bonds is 8. The molecule has 0 unspecified atom stereocenters. The van der Waals surface area contributed by atoms with Gasteiger partial charge < -0.3 is 15.3 Å². The molecule has 2 N–H and O–H groups in total. The summed E-state index contributed by atoms with van der Waals surface area (Å²) in [5, 5.41) is 11.8. The molecule has 2 amide bonds. The Hall–Kier alpha value is -1.26. The molecule has 116 valence electrons. The van der Waals surface area contributed by atoms with Gasteiger partial charge in [0.1, 0.15) is 0 Å². The van der Waals surface area contributed by atoms with Crippen LogP contribution in [0.15, 0.2) is 0 Å². The first-order valence-electron chi connectivity index (χ1n) is 7.90. The lowest BCUT2D eigenvalue weighted by molar-refractivity contribution is -0.143. The van der Waals surface area contributed by atoms with Gasteiger partial charge in [-0.15, -0.1) is 0 Å². The number of piperidine rings is 1. The summed E-state index contributed by atoms with van der Waals surface area (Å²) in [6.07, 6.45) is 8.41. The van der Waals surface area contributed by atoms with Gasteiger partial charge in [-0.25, -0.2) is 4.79 Å². The van der Waals surface area contributed by atoms with Gasteiger partial charge in [-0.05, 0) is 19.3 Å². The first-order valence-corrected chi connectivity index (χ1v) is 7.90. The van der Waals surface area contributed by atoms with Gasteiger partial charge in [-0.3, -0.25) is 4.79 Å². The summed E-state index contributed by atoms with van der Waals surface area (Å²) in [6.45, 7) is 4.04. The molecule has 1 saturated heterocycles. The molecule has 1 rings (SSSR count). The van der Waals surface area contributed by atoms with Crippen molar-refractivity contribution in [1.29, 1.82) is 0 Å². The maximum Gasteiger partial charge on any atom is 0.317 e. The summed E-state index contributed by atoms with van der Waals surface area (Å²) in [6, 6.07) is -0.0394. The Kier molecular flexibility index (Phi) is 8.07. The van der Waals surface area contributed by atoms with Crippen LogP contribution in [0.25, 0.3) is 0 Å². The van der Waals surface area contributed by atoms with Crippen LogP contribution in [0.4, 0.5) is 4.79 Å². The van der Waals surface area contributed by atoms with Crippen molar-refractivity contribution < 1.29 is 14.7 Å². The molecule has 1 heterocycles. The first-order chi connectivity index (χ1) is 9.65. The second-order valence-electron chi connectivity index (χ2n) is 5.60. The van der Waals surface area contributed by atoms with E-state index in [-0.39, 0.29) is 11.9 Å². The van der Waals surface area contributed by atoms with Crippen LogP contribution in [0.3, 0.4) is 0 Å². The molecule has 0 aromatic heterocycles. The van der Waals surface area contributed by atoms with E-state index in [0.29, 0.717) is 25.9 Å². The molecule has 5 heteroatoms. The lowest BCUT2D eigenvalue weighted by Gasteiger charge is -2.30. The lowest BCUT2D eigenvalue weighted by Crippen LogP contribution is -2.45. The molecule has 20 heavy (non-hydrogen) atoms. The van der Waals surface area contributed by atoms with Crippen molar-refractivity contribution >= 4 is 12.0 Å². The number of carboxylic acids is 1. The number of hydrogen-bond donors (Lipinski definition) is 2. The summed E-state index contributed by atoms with van der Waals surface area (Å²) >= 11 is 0. The van der Waals surface area contributed by atoms with E-state index in [1.54, 1.807) is 4.90 Å². The number of likely N-dealkylation sites (tertiary alicyclic amines) is 1. The number of nitrogens with zero attached hydrogens (tertiary/aromatic N) is 1. The van der Waals surface area contributed by atoms with Crippen LogP contribution >= 0.6 is 0 Å².